The molecule has 0 fully saturated rings. The lowest BCUT2D eigenvalue weighted by molar-refractivity contribution is 0.280. The van der Waals surface area contributed by atoms with Gasteiger partial charge in [-0.15, -0.1) is 0 Å². The number of rotatable bonds is 6. The van der Waals surface area contributed by atoms with Crippen LogP contribution < -0.4 is 5.73 Å². The SMILES string of the molecule is CCc1nn(C)c(CN(CC)CCN)c1Cl. The second-order valence-electron chi connectivity index (χ2n) is 3.84. The number of hydrogen-bond donors (Lipinski definition) is 1. The Kier molecular flexibility index (Phi) is 5.25. The van der Waals surface area contributed by atoms with Crippen molar-refractivity contribution in [1.82, 2.24) is 14.7 Å². The predicted molar refractivity (Wildman–Crippen MR) is 67.6 cm³/mol. The van der Waals surface area contributed by atoms with E-state index in [0.29, 0.717) is 6.54 Å². The zero-order chi connectivity index (χ0) is 12.1. The number of aromatic nitrogens is 2. The molecular weight excluding hydrogens is 224 g/mol. The highest BCUT2D eigenvalue weighted by Gasteiger charge is 2.15. The quantitative estimate of drug-likeness (QED) is 0.823. The summed E-state index contributed by atoms with van der Waals surface area (Å²) in [4.78, 5) is 2.27. The van der Waals surface area contributed by atoms with Gasteiger partial charge in [0.15, 0.2) is 0 Å². The van der Waals surface area contributed by atoms with Crippen LogP contribution in [0, 0.1) is 0 Å². The third kappa shape index (κ3) is 2.97. The lowest BCUT2D eigenvalue weighted by atomic mass is 10.3. The fourth-order valence-corrected chi connectivity index (χ4v) is 2.09. The van der Waals surface area contributed by atoms with Gasteiger partial charge in [0.25, 0.3) is 0 Å². The molecule has 0 aliphatic carbocycles. The van der Waals surface area contributed by atoms with Crippen molar-refractivity contribution in [2.45, 2.75) is 26.8 Å². The smallest absolute Gasteiger partial charge is 0.0863 e. The Balaban J connectivity index is 2.82. The van der Waals surface area contributed by atoms with Gasteiger partial charge in [-0.3, -0.25) is 9.58 Å². The first-order valence-electron chi connectivity index (χ1n) is 5.76. The standard InChI is InChI=1S/C11H21ClN4/c1-4-9-11(12)10(15(3)14-9)8-16(5-2)7-6-13/h4-8,13H2,1-3H3. The van der Waals surface area contributed by atoms with Crippen LogP contribution in [0.25, 0.3) is 0 Å². The van der Waals surface area contributed by atoms with Crippen LogP contribution in [0.1, 0.15) is 25.2 Å². The van der Waals surface area contributed by atoms with Gasteiger partial charge in [0.1, 0.15) is 0 Å². The maximum Gasteiger partial charge on any atom is 0.0863 e. The highest BCUT2D eigenvalue weighted by Crippen LogP contribution is 2.21. The van der Waals surface area contributed by atoms with Crippen molar-refractivity contribution >= 4 is 11.6 Å². The summed E-state index contributed by atoms with van der Waals surface area (Å²) in [5.41, 5.74) is 7.62. The van der Waals surface area contributed by atoms with Gasteiger partial charge in [-0.05, 0) is 13.0 Å². The van der Waals surface area contributed by atoms with Crippen molar-refractivity contribution in [3.05, 3.63) is 16.4 Å². The third-order valence-corrected chi connectivity index (χ3v) is 3.21. The van der Waals surface area contributed by atoms with Gasteiger partial charge in [-0.2, -0.15) is 5.10 Å². The summed E-state index contributed by atoms with van der Waals surface area (Å²) in [6.45, 7) is 7.54. The molecule has 4 nitrogen and oxygen atoms in total. The minimum absolute atomic E-state index is 0.671. The largest absolute Gasteiger partial charge is 0.329 e. The number of nitrogens with zero attached hydrogens (tertiary/aromatic N) is 3. The number of hydrogen-bond acceptors (Lipinski definition) is 3. The average Bonchev–Trinajstić information content (AvgIpc) is 2.55. The number of nitrogens with two attached hydrogens (primary N) is 1. The molecule has 1 aromatic rings. The molecule has 0 spiro atoms. The maximum absolute atomic E-state index is 6.29. The molecule has 1 rings (SSSR count). The van der Waals surface area contributed by atoms with E-state index < -0.39 is 0 Å². The maximum atomic E-state index is 6.29. The highest BCUT2D eigenvalue weighted by atomic mass is 35.5. The molecule has 2 N–H and O–H groups in total. The number of likely N-dealkylation sites (N-methyl/N-ethyl adjacent to an activating group) is 1. The molecule has 0 bridgehead atoms. The first-order valence-corrected chi connectivity index (χ1v) is 6.14. The van der Waals surface area contributed by atoms with Crippen molar-refractivity contribution in [2.24, 2.45) is 12.8 Å². The molecule has 0 amide bonds. The number of halogens is 1. The fourth-order valence-electron chi connectivity index (χ4n) is 1.73. The van der Waals surface area contributed by atoms with Crippen LogP contribution in [0.15, 0.2) is 0 Å². The van der Waals surface area contributed by atoms with Crippen LogP contribution in [0.4, 0.5) is 0 Å². The van der Waals surface area contributed by atoms with E-state index in [1.807, 2.05) is 11.7 Å². The van der Waals surface area contributed by atoms with Crippen molar-refractivity contribution in [2.75, 3.05) is 19.6 Å². The summed E-state index contributed by atoms with van der Waals surface area (Å²) in [5.74, 6) is 0. The van der Waals surface area contributed by atoms with Crippen LogP contribution in [0.5, 0.6) is 0 Å². The molecule has 16 heavy (non-hydrogen) atoms. The molecule has 0 atom stereocenters. The van der Waals surface area contributed by atoms with Crippen LogP contribution in [0.2, 0.25) is 5.02 Å². The van der Waals surface area contributed by atoms with Crippen LogP contribution >= 0.6 is 11.6 Å². The van der Waals surface area contributed by atoms with Gasteiger partial charge in [0.05, 0.1) is 16.4 Å². The molecule has 1 aromatic heterocycles. The Morgan fingerprint density at radius 1 is 1.44 bits per heavy atom. The molecule has 1 heterocycles. The van der Waals surface area contributed by atoms with Gasteiger partial charge in [0, 0.05) is 26.7 Å². The lowest BCUT2D eigenvalue weighted by Gasteiger charge is -2.19. The van der Waals surface area contributed by atoms with Crippen LogP contribution in [-0.4, -0.2) is 34.3 Å². The van der Waals surface area contributed by atoms with Crippen LogP contribution in [-0.2, 0) is 20.0 Å². The zero-order valence-electron chi connectivity index (χ0n) is 10.3. The van der Waals surface area contributed by atoms with Gasteiger partial charge in [0.2, 0.25) is 0 Å². The number of aryl methyl sites for hydroxylation is 2. The predicted octanol–water partition coefficient (Wildman–Crippen LogP) is 1.42. The van der Waals surface area contributed by atoms with E-state index in [-0.39, 0.29) is 0 Å². The Morgan fingerprint density at radius 3 is 2.56 bits per heavy atom. The van der Waals surface area contributed by atoms with Gasteiger partial charge < -0.3 is 5.73 Å². The Labute approximate surface area is 102 Å². The monoisotopic (exact) mass is 244 g/mol. The molecule has 0 radical (unpaired) electrons. The summed E-state index contributed by atoms with van der Waals surface area (Å²) < 4.78 is 1.88. The molecule has 0 unspecified atom stereocenters. The van der Waals surface area contributed by atoms with E-state index in [1.54, 1.807) is 0 Å². The molecule has 0 aliphatic heterocycles. The molecule has 92 valence electrons. The summed E-state index contributed by atoms with van der Waals surface area (Å²) in [6, 6.07) is 0. The average molecular weight is 245 g/mol. The summed E-state index contributed by atoms with van der Waals surface area (Å²) in [7, 11) is 1.94. The molecule has 0 aliphatic rings. The summed E-state index contributed by atoms with van der Waals surface area (Å²) in [5, 5.41) is 5.21. The van der Waals surface area contributed by atoms with Crippen molar-refractivity contribution in [3.63, 3.8) is 0 Å². The second kappa shape index (κ2) is 6.23. The topological polar surface area (TPSA) is 47.1 Å². The van der Waals surface area contributed by atoms with E-state index in [4.69, 9.17) is 17.3 Å². The molecular formula is C11H21ClN4. The van der Waals surface area contributed by atoms with E-state index in [0.717, 1.165) is 42.5 Å². The van der Waals surface area contributed by atoms with Gasteiger partial charge >= 0.3 is 0 Å². The van der Waals surface area contributed by atoms with E-state index in [9.17, 15) is 0 Å². The first kappa shape index (κ1) is 13.5. The van der Waals surface area contributed by atoms with E-state index in [2.05, 4.69) is 23.8 Å². The Morgan fingerprint density at radius 2 is 2.12 bits per heavy atom. The third-order valence-electron chi connectivity index (χ3n) is 2.77. The normalized spacial score (nSPS) is 11.4. The second-order valence-corrected chi connectivity index (χ2v) is 4.22. The first-order chi connectivity index (χ1) is 7.63. The highest BCUT2D eigenvalue weighted by molar-refractivity contribution is 6.31. The van der Waals surface area contributed by atoms with Gasteiger partial charge in [-0.25, -0.2) is 0 Å². The fraction of sp³-hybridized carbons (Fsp3) is 0.727. The summed E-state index contributed by atoms with van der Waals surface area (Å²) >= 11 is 6.29. The van der Waals surface area contributed by atoms with E-state index in [1.165, 1.54) is 0 Å². The summed E-state index contributed by atoms with van der Waals surface area (Å²) in [6.07, 6.45) is 0.871. The van der Waals surface area contributed by atoms with E-state index >= 15 is 0 Å². The molecule has 0 saturated carbocycles. The van der Waals surface area contributed by atoms with Crippen molar-refractivity contribution in [1.29, 1.82) is 0 Å². The lowest BCUT2D eigenvalue weighted by Crippen LogP contribution is -2.29. The molecule has 0 saturated heterocycles. The molecule has 0 aromatic carbocycles. The molecule has 5 heteroatoms. The zero-order valence-corrected chi connectivity index (χ0v) is 11.1. The Hall–Kier alpha value is -0.580. The van der Waals surface area contributed by atoms with Crippen LogP contribution in [0.3, 0.4) is 0 Å². The minimum atomic E-state index is 0.671. The minimum Gasteiger partial charge on any atom is -0.329 e. The van der Waals surface area contributed by atoms with Crippen molar-refractivity contribution in [3.8, 4) is 0 Å². The van der Waals surface area contributed by atoms with Gasteiger partial charge in [-0.1, -0.05) is 25.4 Å². The van der Waals surface area contributed by atoms with Crippen molar-refractivity contribution < 1.29 is 0 Å². The Bertz CT molecular complexity index is 335.